The molecule has 0 unspecified atom stereocenters. The fourth-order valence-corrected chi connectivity index (χ4v) is 3.25. The molecule has 1 fully saturated rings. The highest BCUT2D eigenvalue weighted by Gasteiger charge is 2.29. The maximum absolute atomic E-state index is 11.3. The van der Waals surface area contributed by atoms with Gasteiger partial charge in [-0.3, -0.25) is 0 Å². The second-order valence-electron chi connectivity index (χ2n) is 6.39. The number of hydrogen-bond acceptors (Lipinski definition) is 3. The van der Waals surface area contributed by atoms with Crippen LogP contribution in [0.15, 0.2) is 0 Å². The molecule has 0 aromatic rings. The van der Waals surface area contributed by atoms with Crippen molar-refractivity contribution < 1.29 is 8.42 Å². The molecule has 1 aliphatic rings. The zero-order valence-electron chi connectivity index (χ0n) is 12.1. The predicted molar refractivity (Wildman–Crippen MR) is 76.1 cm³/mol. The molecule has 2 N–H and O–H groups in total. The third-order valence-electron chi connectivity index (χ3n) is 4.07. The smallest absolute Gasteiger partial charge is 0.212 e. The first kappa shape index (κ1) is 15.9. The van der Waals surface area contributed by atoms with Crippen molar-refractivity contribution in [2.75, 3.05) is 19.3 Å². The van der Waals surface area contributed by atoms with Crippen LogP contribution in [0.5, 0.6) is 0 Å². The molecule has 0 amide bonds. The van der Waals surface area contributed by atoms with Gasteiger partial charge in [-0.25, -0.2) is 13.1 Å². The first-order valence-electron chi connectivity index (χ1n) is 6.89. The van der Waals surface area contributed by atoms with Crippen molar-refractivity contribution >= 4 is 10.0 Å². The summed E-state index contributed by atoms with van der Waals surface area (Å²) in [5, 5.41) is 3.36. The lowest BCUT2D eigenvalue weighted by atomic mass is 9.71. The van der Waals surface area contributed by atoms with Gasteiger partial charge in [0.05, 0.1) is 5.75 Å². The summed E-state index contributed by atoms with van der Waals surface area (Å²) >= 11 is 0. The minimum atomic E-state index is -3.07. The monoisotopic (exact) mass is 276 g/mol. The second-order valence-corrected chi connectivity index (χ2v) is 8.44. The highest BCUT2D eigenvalue weighted by Crippen LogP contribution is 2.37. The third kappa shape index (κ3) is 5.24. The van der Waals surface area contributed by atoms with Crippen molar-refractivity contribution in [2.24, 2.45) is 11.3 Å². The van der Waals surface area contributed by atoms with Gasteiger partial charge in [0.15, 0.2) is 0 Å². The lowest BCUT2D eigenvalue weighted by Gasteiger charge is -2.37. The van der Waals surface area contributed by atoms with Gasteiger partial charge in [0.25, 0.3) is 0 Å². The van der Waals surface area contributed by atoms with Gasteiger partial charge in [0, 0.05) is 12.6 Å². The second kappa shape index (κ2) is 6.35. The summed E-state index contributed by atoms with van der Waals surface area (Å²) in [5.41, 5.74) is 0.403. The van der Waals surface area contributed by atoms with Crippen molar-refractivity contribution in [3.63, 3.8) is 0 Å². The topological polar surface area (TPSA) is 58.2 Å². The average Bonchev–Trinajstić information content (AvgIpc) is 2.28. The van der Waals surface area contributed by atoms with Crippen LogP contribution < -0.4 is 10.0 Å². The first-order valence-corrected chi connectivity index (χ1v) is 8.54. The van der Waals surface area contributed by atoms with Crippen LogP contribution in [0.1, 0.15) is 46.5 Å². The standard InChI is InChI=1S/C13H28N2O2S/c1-13(2,3)11-5-7-12(8-6-11)15-9-10-18(16,17)14-4/h11-12,14-15H,5-10H2,1-4H3. The molecule has 0 aromatic carbocycles. The van der Waals surface area contributed by atoms with Crippen LogP contribution in [-0.2, 0) is 10.0 Å². The van der Waals surface area contributed by atoms with E-state index in [1.807, 2.05) is 0 Å². The van der Waals surface area contributed by atoms with Crippen LogP contribution in [-0.4, -0.2) is 33.8 Å². The molecule has 0 atom stereocenters. The SMILES string of the molecule is CNS(=O)(=O)CCNC1CCC(C(C)(C)C)CC1. The normalized spacial score (nSPS) is 26.2. The Bertz CT molecular complexity index is 338. The predicted octanol–water partition coefficient (Wildman–Crippen LogP) is 1.73. The summed E-state index contributed by atoms with van der Waals surface area (Å²) in [7, 11) is -1.60. The van der Waals surface area contributed by atoms with Crippen molar-refractivity contribution in [1.82, 2.24) is 10.0 Å². The van der Waals surface area contributed by atoms with E-state index in [0.717, 1.165) is 5.92 Å². The minimum absolute atomic E-state index is 0.169. The quantitative estimate of drug-likeness (QED) is 0.804. The number of rotatable bonds is 5. The van der Waals surface area contributed by atoms with Crippen molar-refractivity contribution in [1.29, 1.82) is 0 Å². The van der Waals surface area contributed by atoms with E-state index < -0.39 is 10.0 Å². The van der Waals surface area contributed by atoms with E-state index in [4.69, 9.17) is 0 Å². The summed E-state index contributed by atoms with van der Waals surface area (Å²) in [5.74, 6) is 0.972. The summed E-state index contributed by atoms with van der Waals surface area (Å²) in [6.07, 6.45) is 4.84. The summed E-state index contributed by atoms with van der Waals surface area (Å²) in [4.78, 5) is 0. The molecule has 18 heavy (non-hydrogen) atoms. The van der Waals surface area contributed by atoms with Crippen LogP contribution in [0.4, 0.5) is 0 Å². The van der Waals surface area contributed by atoms with Crippen LogP contribution >= 0.6 is 0 Å². The molecule has 4 nitrogen and oxygen atoms in total. The highest BCUT2D eigenvalue weighted by molar-refractivity contribution is 7.89. The Morgan fingerprint density at radius 2 is 1.67 bits per heavy atom. The van der Waals surface area contributed by atoms with E-state index >= 15 is 0 Å². The van der Waals surface area contributed by atoms with Gasteiger partial charge in [-0.2, -0.15) is 0 Å². The van der Waals surface area contributed by atoms with Crippen molar-refractivity contribution in [3.05, 3.63) is 0 Å². The van der Waals surface area contributed by atoms with E-state index in [0.29, 0.717) is 18.0 Å². The van der Waals surface area contributed by atoms with E-state index in [2.05, 4.69) is 30.8 Å². The van der Waals surface area contributed by atoms with Crippen LogP contribution in [0.2, 0.25) is 0 Å². The van der Waals surface area contributed by atoms with E-state index in [1.54, 1.807) is 0 Å². The Balaban J connectivity index is 2.25. The van der Waals surface area contributed by atoms with Crippen molar-refractivity contribution in [2.45, 2.75) is 52.5 Å². The van der Waals surface area contributed by atoms with Crippen LogP contribution in [0.3, 0.4) is 0 Å². The molecule has 0 aliphatic heterocycles. The van der Waals surface area contributed by atoms with Gasteiger partial charge < -0.3 is 5.32 Å². The molecule has 1 aliphatic carbocycles. The fraction of sp³-hybridized carbons (Fsp3) is 1.00. The lowest BCUT2D eigenvalue weighted by molar-refractivity contribution is 0.161. The highest BCUT2D eigenvalue weighted by atomic mass is 32.2. The Labute approximate surface area is 112 Å². The third-order valence-corrected chi connectivity index (χ3v) is 5.43. The minimum Gasteiger partial charge on any atom is -0.313 e. The molecule has 5 heteroatoms. The molecule has 108 valence electrons. The Morgan fingerprint density at radius 3 is 2.11 bits per heavy atom. The number of nitrogens with one attached hydrogen (secondary N) is 2. The largest absolute Gasteiger partial charge is 0.313 e. The Hall–Kier alpha value is -0.130. The average molecular weight is 276 g/mol. The number of sulfonamides is 1. The zero-order chi connectivity index (χ0) is 13.8. The maximum atomic E-state index is 11.3. The fourth-order valence-electron chi connectivity index (χ4n) is 2.66. The molecule has 0 spiro atoms. The molecule has 0 aromatic heterocycles. The van der Waals surface area contributed by atoms with Crippen LogP contribution in [0, 0.1) is 11.3 Å². The van der Waals surface area contributed by atoms with Gasteiger partial charge >= 0.3 is 0 Å². The Kier molecular flexibility index (Phi) is 5.62. The molecule has 0 heterocycles. The lowest BCUT2D eigenvalue weighted by Crippen LogP contribution is -2.39. The summed E-state index contributed by atoms with van der Waals surface area (Å²) in [6, 6.07) is 0.496. The molecule has 0 bridgehead atoms. The van der Waals surface area contributed by atoms with Crippen molar-refractivity contribution in [3.8, 4) is 0 Å². The summed E-state index contributed by atoms with van der Waals surface area (Å²) in [6.45, 7) is 7.48. The molecule has 0 radical (unpaired) electrons. The molecule has 1 saturated carbocycles. The molecule has 1 rings (SSSR count). The Morgan fingerprint density at radius 1 is 1.11 bits per heavy atom. The van der Waals surface area contributed by atoms with Gasteiger partial charge in [0.1, 0.15) is 0 Å². The molecular formula is C13H28N2O2S. The van der Waals surface area contributed by atoms with E-state index in [-0.39, 0.29) is 5.75 Å². The van der Waals surface area contributed by atoms with Crippen LogP contribution in [0.25, 0.3) is 0 Å². The van der Waals surface area contributed by atoms with Gasteiger partial charge in [-0.1, -0.05) is 20.8 Å². The van der Waals surface area contributed by atoms with Gasteiger partial charge in [-0.15, -0.1) is 0 Å². The summed E-state index contributed by atoms with van der Waals surface area (Å²) < 4.78 is 24.9. The van der Waals surface area contributed by atoms with Gasteiger partial charge in [-0.05, 0) is 44.1 Å². The van der Waals surface area contributed by atoms with E-state index in [9.17, 15) is 8.42 Å². The first-order chi connectivity index (χ1) is 8.24. The van der Waals surface area contributed by atoms with E-state index in [1.165, 1.54) is 32.7 Å². The number of hydrogen-bond donors (Lipinski definition) is 2. The molecular weight excluding hydrogens is 248 g/mol. The molecule has 0 saturated heterocycles. The van der Waals surface area contributed by atoms with Gasteiger partial charge in [0.2, 0.25) is 10.0 Å². The maximum Gasteiger partial charge on any atom is 0.212 e. The zero-order valence-corrected chi connectivity index (χ0v) is 12.9.